The highest BCUT2D eigenvalue weighted by molar-refractivity contribution is 5.76. The molecular weight excluding hydrogens is 280 g/mol. The third-order valence-electron chi connectivity index (χ3n) is 4.32. The summed E-state index contributed by atoms with van der Waals surface area (Å²) in [5, 5.41) is 0. The number of pyridine rings is 1. The Morgan fingerprint density at radius 3 is 2.59 bits per heavy atom. The van der Waals surface area contributed by atoms with Crippen molar-refractivity contribution in [1.82, 2.24) is 9.47 Å². The number of aryl methyl sites for hydroxylation is 1. The normalized spacial score (nSPS) is 15.9. The van der Waals surface area contributed by atoms with Gasteiger partial charge in [-0.2, -0.15) is 0 Å². The number of carbonyl (C=O) groups is 1. The zero-order chi connectivity index (χ0) is 16.1. The smallest absolute Gasteiger partial charge is 0.254 e. The maximum Gasteiger partial charge on any atom is 0.254 e. The molecule has 5 nitrogen and oxygen atoms in total. The van der Waals surface area contributed by atoms with Crippen molar-refractivity contribution in [2.24, 2.45) is 7.05 Å². The van der Waals surface area contributed by atoms with E-state index >= 15 is 0 Å². The van der Waals surface area contributed by atoms with Crippen molar-refractivity contribution >= 4 is 5.91 Å². The molecule has 2 heterocycles. The highest BCUT2D eigenvalue weighted by Gasteiger charge is 2.23. The van der Waals surface area contributed by atoms with E-state index in [0.717, 1.165) is 44.5 Å². The van der Waals surface area contributed by atoms with Gasteiger partial charge < -0.3 is 14.2 Å². The van der Waals surface area contributed by atoms with Gasteiger partial charge in [0.15, 0.2) is 0 Å². The summed E-state index contributed by atoms with van der Waals surface area (Å²) in [5.41, 5.74) is 0.830. The molecule has 0 aromatic carbocycles. The number of hydrogen-bond donors (Lipinski definition) is 0. The van der Waals surface area contributed by atoms with Gasteiger partial charge in [-0.3, -0.25) is 9.59 Å². The van der Waals surface area contributed by atoms with Gasteiger partial charge in [0.05, 0.1) is 0 Å². The fourth-order valence-electron chi connectivity index (χ4n) is 2.71. The van der Waals surface area contributed by atoms with Crippen molar-refractivity contribution in [3.8, 4) is 5.75 Å². The SMILES string of the molecule is CCCCC(=O)N1CCC(Oc2cc(C)n(C)c(=O)c2)CC1. The molecule has 122 valence electrons. The molecule has 1 fully saturated rings. The van der Waals surface area contributed by atoms with E-state index in [0.29, 0.717) is 12.2 Å². The lowest BCUT2D eigenvalue weighted by molar-refractivity contribution is -0.133. The van der Waals surface area contributed by atoms with Crippen LogP contribution in [0, 0.1) is 6.92 Å². The Morgan fingerprint density at radius 2 is 2.00 bits per heavy atom. The van der Waals surface area contributed by atoms with Crippen LogP contribution in [0.2, 0.25) is 0 Å². The van der Waals surface area contributed by atoms with Gasteiger partial charge in [-0.1, -0.05) is 13.3 Å². The summed E-state index contributed by atoms with van der Waals surface area (Å²) in [6.45, 7) is 5.48. The second kappa shape index (κ2) is 7.47. The minimum Gasteiger partial charge on any atom is -0.490 e. The summed E-state index contributed by atoms with van der Waals surface area (Å²) >= 11 is 0. The number of nitrogens with zero attached hydrogens (tertiary/aromatic N) is 2. The molecule has 1 aromatic rings. The molecule has 5 heteroatoms. The van der Waals surface area contributed by atoms with Crippen LogP contribution in [-0.2, 0) is 11.8 Å². The van der Waals surface area contributed by atoms with Crippen molar-refractivity contribution in [1.29, 1.82) is 0 Å². The molecule has 1 aliphatic heterocycles. The van der Waals surface area contributed by atoms with Crippen molar-refractivity contribution < 1.29 is 9.53 Å². The Morgan fingerprint density at radius 1 is 1.32 bits per heavy atom. The molecule has 0 spiro atoms. The molecule has 1 saturated heterocycles. The lowest BCUT2D eigenvalue weighted by atomic mass is 10.1. The van der Waals surface area contributed by atoms with Crippen molar-refractivity contribution in [3.63, 3.8) is 0 Å². The van der Waals surface area contributed by atoms with Gasteiger partial charge in [-0.25, -0.2) is 0 Å². The van der Waals surface area contributed by atoms with Crippen LogP contribution in [-0.4, -0.2) is 34.6 Å². The van der Waals surface area contributed by atoms with E-state index in [1.54, 1.807) is 11.6 Å². The maximum atomic E-state index is 12.0. The minimum atomic E-state index is -0.0535. The van der Waals surface area contributed by atoms with Crippen LogP contribution in [0.5, 0.6) is 5.75 Å². The first kappa shape index (κ1) is 16.6. The molecule has 22 heavy (non-hydrogen) atoms. The van der Waals surface area contributed by atoms with Crippen LogP contribution >= 0.6 is 0 Å². The third kappa shape index (κ3) is 4.12. The molecular formula is C17H26N2O3. The first-order chi connectivity index (χ1) is 10.5. The van der Waals surface area contributed by atoms with Crippen molar-refractivity contribution in [2.75, 3.05) is 13.1 Å². The van der Waals surface area contributed by atoms with Crippen molar-refractivity contribution in [3.05, 3.63) is 28.2 Å². The molecule has 0 atom stereocenters. The number of aromatic nitrogens is 1. The molecule has 2 rings (SSSR count). The number of amides is 1. The fraction of sp³-hybridized carbons (Fsp3) is 0.647. The molecule has 0 saturated carbocycles. The van der Waals surface area contributed by atoms with E-state index in [4.69, 9.17) is 4.74 Å². The predicted octanol–water partition coefficient (Wildman–Crippen LogP) is 2.25. The number of likely N-dealkylation sites (tertiary alicyclic amines) is 1. The highest BCUT2D eigenvalue weighted by Crippen LogP contribution is 2.19. The lowest BCUT2D eigenvalue weighted by Crippen LogP contribution is -2.41. The second-order valence-electron chi connectivity index (χ2n) is 6.03. The van der Waals surface area contributed by atoms with E-state index in [2.05, 4.69) is 6.92 Å². The Labute approximate surface area is 131 Å². The van der Waals surface area contributed by atoms with Gasteiger partial charge in [0.25, 0.3) is 5.56 Å². The van der Waals surface area contributed by atoms with Crippen LogP contribution in [0.25, 0.3) is 0 Å². The predicted molar refractivity (Wildman–Crippen MR) is 86.2 cm³/mol. The Bertz CT molecular complexity index is 572. The molecule has 0 N–H and O–H groups in total. The topological polar surface area (TPSA) is 51.5 Å². The summed E-state index contributed by atoms with van der Waals surface area (Å²) < 4.78 is 7.53. The zero-order valence-electron chi connectivity index (χ0n) is 13.8. The van der Waals surface area contributed by atoms with E-state index in [9.17, 15) is 9.59 Å². The lowest BCUT2D eigenvalue weighted by Gasteiger charge is -2.32. The molecule has 1 aromatic heterocycles. The number of ether oxygens (including phenoxy) is 1. The molecule has 1 aliphatic rings. The van der Waals surface area contributed by atoms with Gasteiger partial charge in [-0.15, -0.1) is 0 Å². The highest BCUT2D eigenvalue weighted by atomic mass is 16.5. The number of piperidine rings is 1. The van der Waals surface area contributed by atoms with Crippen LogP contribution in [0.3, 0.4) is 0 Å². The number of hydrogen-bond acceptors (Lipinski definition) is 3. The van der Waals surface area contributed by atoms with Gasteiger partial charge in [0, 0.05) is 51.2 Å². The van der Waals surface area contributed by atoms with E-state index < -0.39 is 0 Å². The summed E-state index contributed by atoms with van der Waals surface area (Å²) in [6.07, 6.45) is 4.39. The Kier molecular flexibility index (Phi) is 5.63. The summed E-state index contributed by atoms with van der Waals surface area (Å²) in [6, 6.07) is 3.42. The molecule has 0 radical (unpaired) electrons. The first-order valence-electron chi connectivity index (χ1n) is 8.13. The number of carbonyl (C=O) groups excluding carboxylic acids is 1. The van der Waals surface area contributed by atoms with Gasteiger partial charge in [0.2, 0.25) is 5.91 Å². The summed E-state index contributed by atoms with van der Waals surface area (Å²) in [7, 11) is 1.75. The Balaban J connectivity index is 1.87. The van der Waals surface area contributed by atoms with Crippen LogP contribution < -0.4 is 10.3 Å². The molecule has 1 amide bonds. The molecule has 0 bridgehead atoms. The fourth-order valence-corrected chi connectivity index (χ4v) is 2.71. The third-order valence-corrected chi connectivity index (χ3v) is 4.32. The van der Waals surface area contributed by atoms with Crippen LogP contribution in [0.1, 0.15) is 44.7 Å². The second-order valence-corrected chi connectivity index (χ2v) is 6.03. The average molecular weight is 306 g/mol. The quantitative estimate of drug-likeness (QED) is 0.838. The largest absolute Gasteiger partial charge is 0.490 e. The first-order valence-corrected chi connectivity index (χ1v) is 8.13. The van der Waals surface area contributed by atoms with Crippen LogP contribution in [0.4, 0.5) is 0 Å². The van der Waals surface area contributed by atoms with Gasteiger partial charge >= 0.3 is 0 Å². The standard InChI is InChI=1S/C17H26N2O3/c1-4-5-6-16(20)19-9-7-14(8-10-19)22-15-11-13(2)18(3)17(21)12-15/h11-12,14H,4-10H2,1-3H3. The molecule has 0 unspecified atom stereocenters. The zero-order valence-corrected chi connectivity index (χ0v) is 13.8. The maximum absolute atomic E-state index is 12.0. The Hall–Kier alpha value is -1.78. The van der Waals surface area contributed by atoms with E-state index in [-0.39, 0.29) is 17.6 Å². The van der Waals surface area contributed by atoms with Crippen molar-refractivity contribution in [2.45, 2.75) is 52.1 Å². The minimum absolute atomic E-state index is 0.0535. The van der Waals surface area contributed by atoms with E-state index in [1.165, 1.54) is 6.07 Å². The van der Waals surface area contributed by atoms with E-state index in [1.807, 2.05) is 17.9 Å². The monoisotopic (exact) mass is 306 g/mol. The average Bonchev–Trinajstić information content (AvgIpc) is 2.51. The summed E-state index contributed by atoms with van der Waals surface area (Å²) in [5.74, 6) is 0.890. The number of unbranched alkanes of at least 4 members (excludes halogenated alkanes) is 1. The number of rotatable bonds is 5. The molecule has 0 aliphatic carbocycles. The van der Waals surface area contributed by atoms with Gasteiger partial charge in [0.1, 0.15) is 11.9 Å². The summed E-state index contributed by atoms with van der Waals surface area (Å²) in [4.78, 5) is 25.7. The van der Waals surface area contributed by atoms with Crippen LogP contribution in [0.15, 0.2) is 16.9 Å². The van der Waals surface area contributed by atoms with Gasteiger partial charge in [-0.05, 0) is 19.4 Å².